The molecular formula is C13H17ClN2O2. The first-order chi connectivity index (χ1) is 8.72. The van der Waals surface area contributed by atoms with Gasteiger partial charge in [0.15, 0.2) is 0 Å². The molecule has 18 heavy (non-hydrogen) atoms. The van der Waals surface area contributed by atoms with Gasteiger partial charge >= 0.3 is 0 Å². The quantitative estimate of drug-likeness (QED) is 0.872. The van der Waals surface area contributed by atoms with Crippen LogP contribution in [-0.2, 0) is 4.79 Å². The van der Waals surface area contributed by atoms with Crippen LogP contribution in [0.1, 0.15) is 12.8 Å². The van der Waals surface area contributed by atoms with E-state index in [1.165, 1.54) is 0 Å². The van der Waals surface area contributed by atoms with Gasteiger partial charge in [0.25, 0.3) is 0 Å². The molecule has 1 fully saturated rings. The van der Waals surface area contributed by atoms with E-state index in [4.69, 9.17) is 16.7 Å². The molecule has 0 aromatic heterocycles. The van der Waals surface area contributed by atoms with Crippen molar-refractivity contribution in [2.24, 2.45) is 0 Å². The lowest BCUT2D eigenvalue weighted by Gasteiger charge is -2.30. The molecule has 0 spiro atoms. The van der Waals surface area contributed by atoms with E-state index in [0.717, 1.165) is 18.7 Å². The predicted molar refractivity (Wildman–Crippen MR) is 71.9 cm³/mol. The van der Waals surface area contributed by atoms with E-state index in [1.807, 2.05) is 29.2 Å². The summed E-state index contributed by atoms with van der Waals surface area (Å²) >= 11 is 5.99. The average Bonchev–Trinajstić information content (AvgIpc) is 2.53. The highest BCUT2D eigenvalue weighted by Gasteiger charge is 2.27. The van der Waals surface area contributed by atoms with Gasteiger partial charge in [0, 0.05) is 30.4 Å². The number of nitrogens with zero attached hydrogens (tertiary/aromatic N) is 1. The van der Waals surface area contributed by atoms with Crippen molar-refractivity contribution in [3.63, 3.8) is 0 Å². The molecule has 2 rings (SSSR count). The van der Waals surface area contributed by atoms with Crippen molar-refractivity contribution in [2.75, 3.05) is 24.6 Å². The maximum absolute atomic E-state index is 12.0. The van der Waals surface area contributed by atoms with Gasteiger partial charge in [-0.1, -0.05) is 17.7 Å². The number of hydrogen-bond donors (Lipinski definition) is 2. The molecule has 0 saturated carbocycles. The number of halogens is 1. The molecule has 1 unspecified atom stereocenters. The summed E-state index contributed by atoms with van der Waals surface area (Å²) in [4.78, 5) is 14.0. The average molecular weight is 269 g/mol. The second kappa shape index (κ2) is 6.07. The fraction of sp³-hybridized carbons (Fsp3) is 0.462. The van der Waals surface area contributed by atoms with Crippen molar-refractivity contribution in [2.45, 2.75) is 18.9 Å². The van der Waals surface area contributed by atoms with Crippen LogP contribution in [-0.4, -0.2) is 36.8 Å². The third kappa shape index (κ3) is 2.94. The van der Waals surface area contributed by atoms with E-state index in [2.05, 4.69) is 5.32 Å². The molecule has 1 aromatic rings. The number of nitrogens with one attached hydrogen (secondary N) is 1. The van der Waals surface area contributed by atoms with Gasteiger partial charge in [-0.25, -0.2) is 0 Å². The Kier molecular flexibility index (Phi) is 4.44. The minimum Gasteiger partial charge on any atom is -0.396 e. The zero-order valence-corrected chi connectivity index (χ0v) is 10.9. The highest BCUT2D eigenvalue weighted by Crippen LogP contribution is 2.23. The monoisotopic (exact) mass is 268 g/mol. The Morgan fingerprint density at radius 2 is 2.33 bits per heavy atom. The van der Waals surface area contributed by atoms with Crippen molar-refractivity contribution in [3.05, 3.63) is 29.3 Å². The topological polar surface area (TPSA) is 52.6 Å². The Morgan fingerprint density at radius 1 is 1.50 bits per heavy atom. The third-order valence-corrected chi connectivity index (χ3v) is 3.33. The summed E-state index contributed by atoms with van der Waals surface area (Å²) in [5.74, 6) is -0.0264. The summed E-state index contributed by atoms with van der Waals surface area (Å²) in [6.45, 7) is 1.46. The first kappa shape index (κ1) is 13.2. The first-order valence-electron chi connectivity index (χ1n) is 6.13. The molecule has 2 N–H and O–H groups in total. The molecule has 4 nitrogen and oxygen atoms in total. The fourth-order valence-electron chi connectivity index (χ4n) is 2.25. The lowest BCUT2D eigenvalue weighted by atomic mass is 10.1. The van der Waals surface area contributed by atoms with E-state index in [9.17, 15) is 4.79 Å². The van der Waals surface area contributed by atoms with Crippen LogP contribution in [0.25, 0.3) is 0 Å². The van der Waals surface area contributed by atoms with Gasteiger partial charge in [-0.05, 0) is 31.0 Å². The van der Waals surface area contributed by atoms with Crippen LogP contribution in [0.3, 0.4) is 0 Å². The number of amides is 1. The summed E-state index contributed by atoms with van der Waals surface area (Å²) in [6.07, 6.45) is 1.32. The summed E-state index contributed by atoms with van der Waals surface area (Å²) < 4.78 is 0. The number of anilines is 1. The molecule has 1 atom stereocenters. The summed E-state index contributed by atoms with van der Waals surface area (Å²) in [5, 5.41) is 12.6. The molecule has 98 valence electrons. The van der Waals surface area contributed by atoms with Crippen LogP contribution < -0.4 is 10.2 Å². The summed E-state index contributed by atoms with van der Waals surface area (Å²) in [6, 6.07) is 7.15. The molecule has 1 saturated heterocycles. The van der Waals surface area contributed by atoms with Crippen LogP contribution in [0, 0.1) is 0 Å². The van der Waals surface area contributed by atoms with Gasteiger partial charge in [0.05, 0.1) is 0 Å². The molecular weight excluding hydrogens is 252 g/mol. The smallest absolute Gasteiger partial charge is 0.242 e. The van der Waals surface area contributed by atoms with E-state index in [-0.39, 0.29) is 18.6 Å². The van der Waals surface area contributed by atoms with E-state index < -0.39 is 0 Å². The maximum atomic E-state index is 12.0. The molecule has 5 heteroatoms. The highest BCUT2D eigenvalue weighted by molar-refractivity contribution is 6.30. The summed E-state index contributed by atoms with van der Waals surface area (Å²) in [5.41, 5.74) is 0.929. The fourth-order valence-corrected chi connectivity index (χ4v) is 2.43. The van der Waals surface area contributed by atoms with Gasteiger partial charge in [-0.3, -0.25) is 4.79 Å². The second-order valence-corrected chi connectivity index (χ2v) is 4.78. The zero-order valence-electron chi connectivity index (χ0n) is 10.1. The molecule has 0 radical (unpaired) electrons. The number of rotatable bonds is 3. The molecule has 1 heterocycles. The van der Waals surface area contributed by atoms with Gasteiger partial charge in [0.2, 0.25) is 5.91 Å². The minimum absolute atomic E-state index is 0.00481. The van der Waals surface area contributed by atoms with Crippen LogP contribution in [0.4, 0.5) is 5.69 Å². The van der Waals surface area contributed by atoms with E-state index >= 15 is 0 Å². The van der Waals surface area contributed by atoms with E-state index in [0.29, 0.717) is 18.0 Å². The van der Waals surface area contributed by atoms with Crippen molar-refractivity contribution in [1.82, 2.24) is 5.32 Å². The Hall–Kier alpha value is -1.26. The standard InChI is InChI=1S/C13H17ClN2O2/c14-10-3-1-4-11(9-10)16-7-2-6-15-13(18)12(16)5-8-17/h1,3-4,9,12,17H,2,5-8H2,(H,15,18). The Bertz CT molecular complexity index is 425. The second-order valence-electron chi connectivity index (χ2n) is 4.35. The van der Waals surface area contributed by atoms with Gasteiger partial charge in [-0.15, -0.1) is 0 Å². The molecule has 1 aliphatic heterocycles. The SMILES string of the molecule is O=C1NCCCN(c2cccc(Cl)c2)C1CCO. The maximum Gasteiger partial charge on any atom is 0.242 e. The molecule has 1 amide bonds. The number of carbonyl (C=O) groups is 1. The van der Waals surface area contributed by atoms with Crippen molar-refractivity contribution < 1.29 is 9.90 Å². The molecule has 1 aromatic carbocycles. The van der Waals surface area contributed by atoms with Crippen molar-refractivity contribution in [3.8, 4) is 0 Å². The number of hydrogen-bond acceptors (Lipinski definition) is 3. The lowest BCUT2D eigenvalue weighted by Crippen LogP contribution is -2.45. The normalized spacial score (nSPS) is 20.4. The highest BCUT2D eigenvalue weighted by atomic mass is 35.5. The molecule has 1 aliphatic rings. The third-order valence-electron chi connectivity index (χ3n) is 3.10. The van der Waals surface area contributed by atoms with Crippen molar-refractivity contribution >= 4 is 23.2 Å². The summed E-state index contributed by atoms with van der Waals surface area (Å²) in [7, 11) is 0. The van der Waals surface area contributed by atoms with Gasteiger partial charge < -0.3 is 15.3 Å². The van der Waals surface area contributed by atoms with Crippen LogP contribution in [0.2, 0.25) is 5.02 Å². The Labute approximate surface area is 112 Å². The zero-order chi connectivity index (χ0) is 13.0. The first-order valence-corrected chi connectivity index (χ1v) is 6.51. The number of benzene rings is 1. The lowest BCUT2D eigenvalue weighted by molar-refractivity contribution is -0.122. The number of aliphatic hydroxyl groups excluding tert-OH is 1. The number of carbonyl (C=O) groups excluding carboxylic acids is 1. The number of aliphatic hydroxyl groups is 1. The molecule has 0 aliphatic carbocycles. The van der Waals surface area contributed by atoms with Gasteiger partial charge in [-0.2, -0.15) is 0 Å². The van der Waals surface area contributed by atoms with Crippen LogP contribution in [0.5, 0.6) is 0 Å². The Morgan fingerprint density at radius 3 is 3.06 bits per heavy atom. The van der Waals surface area contributed by atoms with Gasteiger partial charge in [0.1, 0.15) is 6.04 Å². The van der Waals surface area contributed by atoms with E-state index in [1.54, 1.807) is 0 Å². The van der Waals surface area contributed by atoms with Crippen LogP contribution >= 0.6 is 11.6 Å². The largest absolute Gasteiger partial charge is 0.396 e. The van der Waals surface area contributed by atoms with Crippen molar-refractivity contribution in [1.29, 1.82) is 0 Å². The Balaban J connectivity index is 2.28. The van der Waals surface area contributed by atoms with Crippen LogP contribution in [0.15, 0.2) is 24.3 Å². The predicted octanol–water partition coefficient (Wildman–Crippen LogP) is 1.42. The molecule has 0 bridgehead atoms. The minimum atomic E-state index is -0.323.